The van der Waals surface area contributed by atoms with E-state index in [4.69, 9.17) is 22.1 Å². The minimum atomic E-state index is -2.85. The normalized spacial score (nSPS) is 10.7. The number of carbonyl (C=O) groups is 1. The number of carbonyl (C=O) groups excluding carboxylic acids is 1. The summed E-state index contributed by atoms with van der Waals surface area (Å²) in [6.45, 7) is 1.48. The van der Waals surface area contributed by atoms with Crippen LogP contribution in [0.4, 0.5) is 8.78 Å². The van der Waals surface area contributed by atoms with Crippen LogP contribution in [0.1, 0.15) is 35.0 Å². The predicted molar refractivity (Wildman–Crippen MR) is 58.1 cm³/mol. The van der Waals surface area contributed by atoms with Gasteiger partial charge in [-0.25, -0.2) is 18.6 Å². The van der Waals surface area contributed by atoms with E-state index in [2.05, 4.69) is 4.98 Å². The van der Waals surface area contributed by atoms with Crippen LogP contribution in [0, 0.1) is 0 Å². The first kappa shape index (κ1) is 13.8. The van der Waals surface area contributed by atoms with E-state index in [1.165, 1.54) is 0 Å². The SMILES string of the molecule is CCOC(=O)c1c(C(F)F)cc(Cl)nc1CN. The summed E-state index contributed by atoms with van der Waals surface area (Å²) >= 11 is 5.57. The third kappa shape index (κ3) is 3.10. The van der Waals surface area contributed by atoms with Gasteiger partial charge in [0, 0.05) is 12.1 Å². The molecule has 1 rings (SSSR count). The van der Waals surface area contributed by atoms with Crippen molar-refractivity contribution < 1.29 is 18.3 Å². The lowest BCUT2D eigenvalue weighted by Crippen LogP contribution is -2.16. The minimum Gasteiger partial charge on any atom is -0.462 e. The van der Waals surface area contributed by atoms with Crippen molar-refractivity contribution in [1.29, 1.82) is 0 Å². The van der Waals surface area contributed by atoms with Crippen LogP contribution in [0.2, 0.25) is 5.15 Å². The van der Waals surface area contributed by atoms with Crippen LogP contribution in [0.15, 0.2) is 6.07 Å². The molecule has 0 aliphatic rings. The summed E-state index contributed by atoms with van der Waals surface area (Å²) < 4.78 is 30.3. The second-order valence-corrected chi connectivity index (χ2v) is 3.47. The Kier molecular flexibility index (Phi) is 4.77. The molecule has 2 N–H and O–H groups in total. The number of rotatable bonds is 4. The number of pyridine rings is 1. The predicted octanol–water partition coefficient (Wildman–Crippen LogP) is 2.31. The lowest BCUT2D eigenvalue weighted by molar-refractivity contribution is 0.0513. The standard InChI is InChI=1S/C10H11ClF2N2O2/c1-2-17-10(16)8-5(9(12)13)3-7(11)15-6(8)4-14/h3,9H,2,4,14H2,1H3. The number of hydrogen-bond acceptors (Lipinski definition) is 4. The Bertz CT molecular complexity index is 427. The lowest BCUT2D eigenvalue weighted by Gasteiger charge is -2.12. The molecule has 7 heteroatoms. The number of ether oxygens (including phenoxy) is 1. The van der Waals surface area contributed by atoms with Gasteiger partial charge in [-0.05, 0) is 13.0 Å². The fraction of sp³-hybridized carbons (Fsp3) is 0.400. The van der Waals surface area contributed by atoms with Crippen molar-refractivity contribution in [2.45, 2.75) is 19.9 Å². The minimum absolute atomic E-state index is 0.00579. The van der Waals surface area contributed by atoms with E-state index in [1.54, 1.807) is 6.92 Å². The van der Waals surface area contributed by atoms with Gasteiger partial charge in [0.05, 0.1) is 17.9 Å². The third-order valence-corrected chi connectivity index (χ3v) is 2.20. The van der Waals surface area contributed by atoms with Crippen molar-refractivity contribution in [3.8, 4) is 0 Å². The first-order valence-electron chi connectivity index (χ1n) is 4.85. The van der Waals surface area contributed by atoms with Crippen molar-refractivity contribution in [3.05, 3.63) is 28.0 Å². The molecule has 0 saturated carbocycles. The summed E-state index contributed by atoms with van der Waals surface area (Å²) in [5.74, 6) is -0.868. The summed E-state index contributed by atoms with van der Waals surface area (Å²) in [6.07, 6.45) is -2.85. The van der Waals surface area contributed by atoms with Crippen LogP contribution in [0.25, 0.3) is 0 Å². The van der Waals surface area contributed by atoms with Crippen molar-refractivity contribution in [2.75, 3.05) is 6.61 Å². The second-order valence-electron chi connectivity index (χ2n) is 3.08. The Hall–Kier alpha value is -1.27. The van der Waals surface area contributed by atoms with Crippen LogP contribution in [0.5, 0.6) is 0 Å². The highest BCUT2D eigenvalue weighted by Crippen LogP contribution is 2.27. The monoisotopic (exact) mass is 264 g/mol. The van der Waals surface area contributed by atoms with Crippen molar-refractivity contribution in [1.82, 2.24) is 4.98 Å². The Morgan fingerprint density at radius 1 is 1.65 bits per heavy atom. The molecule has 1 aromatic heterocycles. The van der Waals surface area contributed by atoms with E-state index < -0.39 is 18.0 Å². The van der Waals surface area contributed by atoms with E-state index in [0.717, 1.165) is 6.07 Å². The molecule has 0 aliphatic carbocycles. The summed E-state index contributed by atoms with van der Waals surface area (Å²) in [6, 6.07) is 0.942. The summed E-state index contributed by atoms with van der Waals surface area (Å²) in [7, 11) is 0. The fourth-order valence-electron chi connectivity index (χ4n) is 1.34. The molecular weight excluding hydrogens is 254 g/mol. The number of nitrogens with two attached hydrogens (primary N) is 1. The molecule has 94 valence electrons. The summed E-state index contributed by atoms with van der Waals surface area (Å²) in [4.78, 5) is 15.3. The Morgan fingerprint density at radius 3 is 2.76 bits per heavy atom. The molecule has 17 heavy (non-hydrogen) atoms. The maximum Gasteiger partial charge on any atom is 0.340 e. The molecule has 0 fully saturated rings. The summed E-state index contributed by atoms with van der Waals surface area (Å²) in [5.41, 5.74) is 4.55. The van der Waals surface area contributed by atoms with Crippen molar-refractivity contribution in [2.24, 2.45) is 5.73 Å². The zero-order valence-corrected chi connectivity index (χ0v) is 9.80. The van der Waals surface area contributed by atoms with Crippen LogP contribution in [-0.2, 0) is 11.3 Å². The van der Waals surface area contributed by atoms with Gasteiger partial charge in [0.2, 0.25) is 0 Å². The number of esters is 1. The summed E-state index contributed by atoms with van der Waals surface area (Å²) in [5, 5.41) is -0.131. The van der Waals surface area contributed by atoms with Gasteiger partial charge >= 0.3 is 5.97 Å². The van der Waals surface area contributed by atoms with E-state index in [-0.39, 0.29) is 29.6 Å². The largest absolute Gasteiger partial charge is 0.462 e. The average Bonchev–Trinajstić information content (AvgIpc) is 2.27. The second kappa shape index (κ2) is 5.88. The Labute approximate surface area is 102 Å². The first-order valence-corrected chi connectivity index (χ1v) is 5.23. The topological polar surface area (TPSA) is 65.2 Å². The number of halogens is 3. The molecule has 0 atom stereocenters. The number of aromatic nitrogens is 1. The van der Waals surface area contributed by atoms with Gasteiger partial charge in [0.25, 0.3) is 6.43 Å². The van der Waals surface area contributed by atoms with Gasteiger partial charge in [-0.15, -0.1) is 0 Å². The van der Waals surface area contributed by atoms with Crippen LogP contribution in [0.3, 0.4) is 0 Å². The molecule has 0 saturated heterocycles. The van der Waals surface area contributed by atoms with E-state index in [9.17, 15) is 13.6 Å². The van der Waals surface area contributed by atoms with Gasteiger partial charge in [0.15, 0.2) is 0 Å². The maximum absolute atomic E-state index is 12.8. The van der Waals surface area contributed by atoms with E-state index in [1.807, 2.05) is 0 Å². The Balaban J connectivity index is 3.36. The van der Waals surface area contributed by atoms with Gasteiger partial charge in [0.1, 0.15) is 5.15 Å². The van der Waals surface area contributed by atoms with Crippen LogP contribution >= 0.6 is 11.6 Å². The molecule has 0 aromatic carbocycles. The molecular formula is C10H11ClF2N2O2. The number of alkyl halides is 2. The first-order chi connectivity index (χ1) is 8.01. The average molecular weight is 265 g/mol. The van der Waals surface area contributed by atoms with Crippen LogP contribution < -0.4 is 5.73 Å². The molecule has 1 heterocycles. The zero-order valence-electron chi connectivity index (χ0n) is 9.04. The van der Waals surface area contributed by atoms with Crippen LogP contribution in [-0.4, -0.2) is 17.6 Å². The number of hydrogen-bond donors (Lipinski definition) is 1. The van der Waals surface area contributed by atoms with Gasteiger partial charge in [-0.3, -0.25) is 0 Å². The van der Waals surface area contributed by atoms with E-state index >= 15 is 0 Å². The van der Waals surface area contributed by atoms with Gasteiger partial charge in [-0.1, -0.05) is 11.6 Å². The molecule has 0 unspecified atom stereocenters. The highest BCUT2D eigenvalue weighted by atomic mass is 35.5. The molecule has 0 spiro atoms. The molecule has 4 nitrogen and oxygen atoms in total. The van der Waals surface area contributed by atoms with Gasteiger partial charge < -0.3 is 10.5 Å². The molecule has 0 bridgehead atoms. The maximum atomic E-state index is 12.8. The molecule has 0 radical (unpaired) electrons. The highest BCUT2D eigenvalue weighted by molar-refractivity contribution is 6.29. The zero-order chi connectivity index (χ0) is 13.0. The third-order valence-electron chi connectivity index (χ3n) is 2.00. The van der Waals surface area contributed by atoms with E-state index in [0.29, 0.717) is 0 Å². The Morgan fingerprint density at radius 2 is 2.29 bits per heavy atom. The van der Waals surface area contributed by atoms with Crippen molar-refractivity contribution in [3.63, 3.8) is 0 Å². The molecule has 1 aromatic rings. The smallest absolute Gasteiger partial charge is 0.340 e. The lowest BCUT2D eigenvalue weighted by atomic mass is 10.1. The number of nitrogens with zero attached hydrogens (tertiary/aromatic N) is 1. The quantitative estimate of drug-likeness (QED) is 0.669. The van der Waals surface area contributed by atoms with Gasteiger partial charge in [-0.2, -0.15) is 0 Å². The highest BCUT2D eigenvalue weighted by Gasteiger charge is 2.24. The van der Waals surface area contributed by atoms with Crippen molar-refractivity contribution >= 4 is 17.6 Å². The molecule has 0 amide bonds. The molecule has 0 aliphatic heterocycles. The fourth-order valence-corrected chi connectivity index (χ4v) is 1.56.